The minimum atomic E-state index is 0.476. The molecule has 104 valence electrons. The predicted molar refractivity (Wildman–Crippen MR) is 82.9 cm³/mol. The summed E-state index contributed by atoms with van der Waals surface area (Å²) < 4.78 is 5.26. The van der Waals surface area contributed by atoms with E-state index in [-0.39, 0.29) is 0 Å². The van der Waals surface area contributed by atoms with Gasteiger partial charge in [-0.3, -0.25) is 0 Å². The van der Waals surface area contributed by atoms with Gasteiger partial charge in [0.15, 0.2) is 0 Å². The molecule has 2 heterocycles. The van der Waals surface area contributed by atoms with Crippen molar-refractivity contribution in [2.45, 2.75) is 40.0 Å². The fourth-order valence-corrected chi connectivity index (χ4v) is 3.77. The monoisotopic (exact) mass is 296 g/mol. The highest BCUT2D eigenvalue weighted by Crippen LogP contribution is 2.32. The van der Waals surface area contributed by atoms with Crippen molar-refractivity contribution in [3.8, 4) is 10.6 Å². The van der Waals surface area contributed by atoms with E-state index in [1.54, 1.807) is 29.8 Å². The number of hydrogen-bond donors (Lipinski definition) is 1. The molecule has 19 heavy (non-hydrogen) atoms. The zero-order valence-corrected chi connectivity index (χ0v) is 13.5. The zero-order chi connectivity index (χ0) is 13.8. The molecular formula is C14H20N2OS2. The van der Waals surface area contributed by atoms with Crippen LogP contribution in [0.25, 0.3) is 10.6 Å². The second-order valence-electron chi connectivity index (χ2n) is 4.83. The first-order valence-electron chi connectivity index (χ1n) is 6.36. The smallest absolute Gasteiger partial charge is 0.125 e. The molecule has 5 heteroatoms. The molecule has 0 amide bonds. The molecule has 2 rings (SSSR count). The van der Waals surface area contributed by atoms with Crippen LogP contribution in [-0.2, 0) is 17.9 Å². The lowest BCUT2D eigenvalue weighted by Gasteiger charge is -2.07. The number of nitrogens with zero attached hydrogens (tertiary/aromatic N) is 1. The van der Waals surface area contributed by atoms with Crippen molar-refractivity contribution < 1.29 is 4.74 Å². The van der Waals surface area contributed by atoms with Crippen molar-refractivity contribution >= 4 is 22.7 Å². The maximum atomic E-state index is 5.26. The molecule has 2 aromatic rings. The second-order valence-corrected chi connectivity index (χ2v) is 6.65. The number of hydrogen-bond acceptors (Lipinski definition) is 5. The number of nitrogens with one attached hydrogen (secondary N) is 1. The van der Waals surface area contributed by atoms with Crippen LogP contribution in [0.2, 0.25) is 0 Å². The third-order valence-electron chi connectivity index (χ3n) is 2.82. The minimum Gasteiger partial charge on any atom is -0.378 e. The van der Waals surface area contributed by atoms with Gasteiger partial charge >= 0.3 is 0 Å². The molecule has 0 spiro atoms. The summed E-state index contributed by atoms with van der Waals surface area (Å²) in [6.07, 6.45) is 0. The van der Waals surface area contributed by atoms with Gasteiger partial charge < -0.3 is 10.1 Å². The van der Waals surface area contributed by atoms with Crippen LogP contribution >= 0.6 is 22.7 Å². The molecule has 0 saturated carbocycles. The van der Waals surface area contributed by atoms with E-state index in [2.05, 4.69) is 36.8 Å². The quantitative estimate of drug-likeness (QED) is 0.880. The van der Waals surface area contributed by atoms with Crippen molar-refractivity contribution in [1.82, 2.24) is 10.3 Å². The minimum absolute atomic E-state index is 0.476. The molecule has 0 saturated heterocycles. The first-order chi connectivity index (χ1) is 9.11. The molecule has 2 aromatic heterocycles. The molecule has 0 radical (unpaired) electrons. The van der Waals surface area contributed by atoms with Crippen LogP contribution in [0.1, 0.15) is 30.0 Å². The van der Waals surface area contributed by atoms with Gasteiger partial charge in [0.25, 0.3) is 0 Å². The molecule has 0 aromatic carbocycles. The largest absolute Gasteiger partial charge is 0.378 e. The number of thiazole rings is 1. The summed E-state index contributed by atoms with van der Waals surface area (Å²) in [7, 11) is 1.72. The van der Waals surface area contributed by atoms with Crippen LogP contribution in [0.3, 0.4) is 0 Å². The molecule has 0 aliphatic carbocycles. The van der Waals surface area contributed by atoms with Crippen molar-refractivity contribution in [1.29, 1.82) is 0 Å². The van der Waals surface area contributed by atoms with Gasteiger partial charge in [0.1, 0.15) is 5.01 Å². The van der Waals surface area contributed by atoms with Gasteiger partial charge in [0.05, 0.1) is 12.3 Å². The van der Waals surface area contributed by atoms with Crippen molar-refractivity contribution in [2.24, 2.45) is 0 Å². The zero-order valence-electron chi connectivity index (χ0n) is 11.8. The highest BCUT2D eigenvalue weighted by molar-refractivity contribution is 7.15. The van der Waals surface area contributed by atoms with Crippen LogP contribution in [0.4, 0.5) is 0 Å². The van der Waals surface area contributed by atoms with Gasteiger partial charge in [-0.2, -0.15) is 11.3 Å². The molecule has 3 nitrogen and oxygen atoms in total. The maximum Gasteiger partial charge on any atom is 0.125 e. The second kappa shape index (κ2) is 6.61. The average molecular weight is 296 g/mol. The van der Waals surface area contributed by atoms with Crippen LogP contribution < -0.4 is 5.32 Å². The molecule has 0 aliphatic rings. The fourth-order valence-electron chi connectivity index (χ4n) is 1.76. The van der Waals surface area contributed by atoms with Crippen molar-refractivity contribution in [3.63, 3.8) is 0 Å². The number of methoxy groups -OCH3 is 1. The predicted octanol–water partition coefficient (Wildman–Crippen LogP) is 3.82. The van der Waals surface area contributed by atoms with E-state index >= 15 is 0 Å². The molecule has 0 unspecified atom stereocenters. The Kier molecular flexibility index (Phi) is 5.10. The number of aromatic nitrogens is 1. The third kappa shape index (κ3) is 3.63. The van der Waals surface area contributed by atoms with E-state index in [0.29, 0.717) is 12.6 Å². The first-order valence-corrected chi connectivity index (χ1v) is 8.11. The Morgan fingerprint density at radius 1 is 1.37 bits per heavy atom. The van der Waals surface area contributed by atoms with Crippen LogP contribution in [-0.4, -0.2) is 18.1 Å². The summed E-state index contributed by atoms with van der Waals surface area (Å²) in [5.74, 6) is 0. The number of rotatable bonds is 6. The summed E-state index contributed by atoms with van der Waals surface area (Å²) >= 11 is 3.49. The van der Waals surface area contributed by atoms with E-state index < -0.39 is 0 Å². The van der Waals surface area contributed by atoms with Gasteiger partial charge in [0.2, 0.25) is 0 Å². The van der Waals surface area contributed by atoms with E-state index in [9.17, 15) is 0 Å². The Morgan fingerprint density at radius 2 is 2.16 bits per heavy atom. The van der Waals surface area contributed by atoms with Crippen LogP contribution in [0.15, 0.2) is 10.8 Å². The number of aryl methyl sites for hydroxylation is 1. The first kappa shape index (κ1) is 14.7. The highest BCUT2D eigenvalue weighted by atomic mass is 32.1. The summed E-state index contributed by atoms with van der Waals surface area (Å²) in [4.78, 5) is 6.02. The van der Waals surface area contributed by atoms with Crippen molar-refractivity contribution in [2.75, 3.05) is 7.11 Å². The normalized spacial score (nSPS) is 11.4. The third-order valence-corrected chi connectivity index (χ3v) is 4.81. The van der Waals surface area contributed by atoms with E-state index in [1.807, 2.05) is 0 Å². The number of ether oxygens (including phenoxy) is 1. The van der Waals surface area contributed by atoms with Gasteiger partial charge in [-0.15, -0.1) is 11.3 Å². The van der Waals surface area contributed by atoms with Gasteiger partial charge in [-0.05, 0) is 17.9 Å². The molecule has 1 N–H and O–H groups in total. The van der Waals surface area contributed by atoms with E-state index in [0.717, 1.165) is 17.2 Å². The summed E-state index contributed by atoms with van der Waals surface area (Å²) in [6, 6.07) is 0.476. The lowest BCUT2D eigenvalue weighted by molar-refractivity contribution is 0.181. The molecule has 0 bridgehead atoms. The summed E-state index contributed by atoms with van der Waals surface area (Å²) in [6.45, 7) is 7.88. The SMILES string of the molecule is COCc1nc(-c2cscc2C)sc1CNC(C)C. The average Bonchev–Trinajstić information content (AvgIpc) is 2.93. The Labute approximate surface area is 122 Å². The number of thiophene rings is 1. The van der Waals surface area contributed by atoms with Crippen molar-refractivity contribution in [3.05, 3.63) is 26.9 Å². The molecule has 0 fully saturated rings. The summed E-state index contributed by atoms with van der Waals surface area (Å²) in [5, 5.41) is 8.89. The maximum absolute atomic E-state index is 5.26. The topological polar surface area (TPSA) is 34.1 Å². The highest BCUT2D eigenvalue weighted by Gasteiger charge is 2.14. The Hall–Kier alpha value is -0.750. The lowest BCUT2D eigenvalue weighted by atomic mass is 10.2. The summed E-state index contributed by atoms with van der Waals surface area (Å²) in [5.41, 5.74) is 3.61. The Morgan fingerprint density at radius 3 is 2.74 bits per heavy atom. The van der Waals surface area contributed by atoms with Gasteiger partial charge in [-0.25, -0.2) is 4.98 Å². The Balaban J connectivity index is 2.26. The standard InChI is InChI=1S/C14H20N2OS2/c1-9(2)15-5-13-12(6-17-4)16-14(19-13)11-8-18-7-10(11)3/h7-9,15H,5-6H2,1-4H3. The van der Waals surface area contributed by atoms with Crippen LogP contribution in [0.5, 0.6) is 0 Å². The van der Waals surface area contributed by atoms with Crippen LogP contribution in [0, 0.1) is 6.92 Å². The molecular weight excluding hydrogens is 276 g/mol. The Bertz CT molecular complexity index is 531. The lowest BCUT2D eigenvalue weighted by Crippen LogP contribution is -2.21. The fraction of sp³-hybridized carbons (Fsp3) is 0.500. The van der Waals surface area contributed by atoms with E-state index in [1.165, 1.54) is 16.0 Å². The van der Waals surface area contributed by atoms with Gasteiger partial charge in [0, 0.05) is 35.5 Å². The molecule has 0 aliphatic heterocycles. The van der Waals surface area contributed by atoms with E-state index in [4.69, 9.17) is 9.72 Å². The molecule has 0 atom stereocenters. The van der Waals surface area contributed by atoms with Gasteiger partial charge in [-0.1, -0.05) is 13.8 Å².